The Labute approximate surface area is 119 Å². The van der Waals surface area contributed by atoms with Crippen molar-refractivity contribution in [2.45, 2.75) is 43.7 Å². The summed E-state index contributed by atoms with van der Waals surface area (Å²) in [7, 11) is 1.62. The molecule has 0 radical (unpaired) electrons. The molecule has 1 aromatic rings. The van der Waals surface area contributed by atoms with Crippen molar-refractivity contribution in [2.24, 2.45) is 0 Å². The third-order valence-corrected chi connectivity index (χ3v) is 4.66. The van der Waals surface area contributed by atoms with Crippen molar-refractivity contribution < 1.29 is 14.3 Å². The average Bonchev–Trinajstić information content (AvgIpc) is 2.81. The van der Waals surface area contributed by atoms with Crippen LogP contribution < -0.4 is 10.1 Å². The van der Waals surface area contributed by atoms with Gasteiger partial charge < -0.3 is 14.8 Å². The Hall–Kier alpha value is -1.55. The number of rotatable bonds is 4. The lowest BCUT2D eigenvalue weighted by atomic mass is 9.79. The number of methoxy groups -OCH3 is 1. The molecule has 0 aromatic heterocycles. The number of carbonyl (C=O) groups is 1. The number of fused-ring (bicyclic) bond motifs is 1. The molecule has 4 heteroatoms. The highest BCUT2D eigenvalue weighted by Gasteiger charge is 2.45. The van der Waals surface area contributed by atoms with Crippen LogP contribution in [0.2, 0.25) is 0 Å². The van der Waals surface area contributed by atoms with Crippen LogP contribution >= 0.6 is 0 Å². The van der Waals surface area contributed by atoms with Gasteiger partial charge in [-0.3, -0.25) is 4.79 Å². The summed E-state index contributed by atoms with van der Waals surface area (Å²) in [6, 6.07) is 8.08. The molecule has 0 bridgehead atoms. The second kappa shape index (κ2) is 5.09. The van der Waals surface area contributed by atoms with Crippen molar-refractivity contribution in [3.05, 3.63) is 29.8 Å². The predicted molar refractivity (Wildman–Crippen MR) is 75.9 cm³/mol. The van der Waals surface area contributed by atoms with Crippen LogP contribution in [0.25, 0.3) is 0 Å². The van der Waals surface area contributed by atoms with E-state index in [2.05, 4.69) is 11.4 Å². The van der Waals surface area contributed by atoms with E-state index < -0.39 is 5.60 Å². The maximum atomic E-state index is 12.4. The first-order valence-electron chi connectivity index (χ1n) is 7.24. The summed E-state index contributed by atoms with van der Waals surface area (Å²) in [5, 5.41) is 3.11. The fourth-order valence-electron chi connectivity index (χ4n) is 3.06. The number of hydrogen-bond acceptors (Lipinski definition) is 3. The molecule has 1 saturated carbocycles. The van der Waals surface area contributed by atoms with Gasteiger partial charge in [0.15, 0.2) is 0 Å². The normalized spacial score (nSPS) is 24.2. The maximum absolute atomic E-state index is 12.4. The van der Waals surface area contributed by atoms with Gasteiger partial charge >= 0.3 is 0 Å². The molecule has 3 rings (SSSR count). The Bertz CT molecular complexity index is 505. The van der Waals surface area contributed by atoms with Crippen molar-refractivity contribution in [3.8, 4) is 5.75 Å². The van der Waals surface area contributed by atoms with Crippen molar-refractivity contribution in [1.29, 1.82) is 0 Å². The highest BCUT2D eigenvalue weighted by molar-refractivity contribution is 5.86. The number of carbonyl (C=O) groups excluding carboxylic acids is 1. The second-order valence-electron chi connectivity index (χ2n) is 5.77. The quantitative estimate of drug-likeness (QED) is 0.916. The fraction of sp³-hybridized carbons (Fsp3) is 0.562. The minimum absolute atomic E-state index is 0.0168. The lowest BCUT2D eigenvalue weighted by Gasteiger charge is -2.39. The maximum Gasteiger partial charge on any atom is 0.252 e. The van der Waals surface area contributed by atoms with Crippen LogP contribution in [0, 0.1) is 0 Å². The minimum atomic E-state index is -0.590. The third kappa shape index (κ3) is 2.08. The van der Waals surface area contributed by atoms with Gasteiger partial charge in [0.05, 0.1) is 6.61 Å². The molecule has 0 saturated heterocycles. The molecule has 2 atom stereocenters. The van der Waals surface area contributed by atoms with Crippen LogP contribution in [-0.2, 0) is 9.53 Å². The lowest BCUT2D eigenvalue weighted by Crippen LogP contribution is -2.55. The van der Waals surface area contributed by atoms with E-state index in [0.717, 1.165) is 25.0 Å². The van der Waals surface area contributed by atoms with Gasteiger partial charge in [0.25, 0.3) is 5.91 Å². The first-order chi connectivity index (χ1) is 9.66. The summed E-state index contributed by atoms with van der Waals surface area (Å²) in [6.45, 7) is 2.66. The third-order valence-electron chi connectivity index (χ3n) is 4.66. The predicted octanol–water partition coefficient (Wildman–Crippen LogP) is 2.24. The van der Waals surface area contributed by atoms with Crippen molar-refractivity contribution in [3.63, 3.8) is 0 Å². The Kier molecular flexibility index (Phi) is 3.42. The van der Waals surface area contributed by atoms with Crippen molar-refractivity contribution in [2.75, 3.05) is 13.7 Å². The lowest BCUT2D eigenvalue weighted by molar-refractivity contribution is -0.155. The van der Waals surface area contributed by atoms with E-state index in [1.54, 1.807) is 7.11 Å². The topological polar surface area (TPSA) is 47.6 Å². The van der Waals surface area contributed by atoms with E-state index in [4.69, 9.17) is 9.47 Å². The van der Waals surface area contributed by atoms with Gasteiger partial charge in [-0.1, -0.05) is 18.2 Å². The highest BCUT2D eigenvalue weighted by atomic mass is 16.5. The van der Waals surface area contributed by atoms with E-state index in [9.17, 15) is 4.79 Å². The Morgan fingerprint density at radius 1 is 1.45 bits per heavy atom. The first kappa shape index (κ1) is 13.4. The summed E-state index contributed by atoms with van der Waals surface area (Å²) in [5.74, 6) is 1.16. The van der Waals surface area contributed by atoms with Gasteiger partial charge in [-0.15, -0.1) is 0 Å². The van der Waals surface area contributed by atoms with Gasteiger partial charge in [-0.25, -0.2) is 0 Å². The molecule has 4 nitrogen and oxygen atoms in total. The number of ether oxygens (including phenoxy) is 2. The van der Waals surface area contributed by atoms with E-state index in [1.165, 1.54) is 5.56 Å². The molecule has 1 heterocycles. The molecule has 20 heavy (non-hydrogen) atoms. The van der Waals surface area contributed by atoms with Gasteiger partial charge in [0, 0.05) is 24.6 Å². The smallest absolute Gasteiger partial charge is 0.252 e. The number of nitrogens with one attached hydrogen (secondary N) is 1. The number of amides is 1. The van der Waals surface area contributed by atoms with E-state index >= 15 is 0 Å². The molecule has 1 fully saturated rings. The van der Waals surface area contributed by atoms with Gasteiger partial charge in [0.1, 0.15) is 11.4 Å². The Morgan fingerprint density at radius 2 is 2.20 bits per heavy atom. The van der Waals surface area contributed by atoms with Crippen molar-refractivity contribution >= 4 is 5.91 Å². The zero-order valence-corrected chi connectivity index (χ0v) is 12.0. The molecule has 1 N–H and O–H groups in total. The van der Waals surface area contributed by atoms with E-state index in [0.29, 0.717) is 6.61 Å². The summed E-state index contributed by atoms with van der Waals surface area (Å²) in [6.07, 6.45) is 2.70. The fourth-order valence-corrected chi connectivity index (χ4v) is 3.06. The average molecular weight is 275 g/mol. The minimum Gasteiger partial charge on any atom is -0.493 e. The molecule has 0 spiro atoms. The molecular weight excluding hydrogens is 254 g/mol. The van der Waals surface area contributed by atoms with Crippen LogP contribution in [0.15, 0.2) is 24.3 Å². The molecule has 1 aromatic carbocycles. The molecule has 1 aliphatic heterocycles. The monoisotopic (exact) mass is 275 g/mol. The molecular formula is C16H21NO3. The van der Waals surface area contributed by atoms with Gasteiger partial charge in [-0.2, -0.15) is 0 Å². The van der Waals surface area contributed by atoms with Gasteiger partial charge in [0.2, 0.25) is 0 Å². The SMILES string of the molecule is COC1(C(=O)N[C@H](C)[C@H]2COc3ccccc32)CCC1. The summed E-state index contributed by atoms with van der Waals surface area (Å²) < 4.78 is 11.1. The van der Waals surface area contributed by atoms with E-state index in [-0.39, 0.29) is 17.9 Å². The Morgan fingerprint density at radius 3 is 2.85 bits per heavy atom. The summed E-state index contributed by atoms with van der Waals surface area (Å²) >= 11 is 0. The van der Waals surface area contributed by atoms with Crippen molar-refractivity contribution in [1.82, 2.24) is 5.32 Å². The Balaban J connectivity index is 1.69. The number of hydrogen-bond donors (Lipinski definition) is 1. The van der Waals surface area contributed by atoms with Gasteiger partial charge in [-0.05, 0) is 32.3 Å². The number of benzene rings is 1. The van der Waals surface area contributed by atoms with Crippen LogP contribution in [0.4, 0.5) is 0 Å². The summed E-state index contributed by atoms with van der Waals surface area (Å²) in [5.41, 5.74) is 0.591. The van der Waals surface area contributed by atoms with Crippen LogP contribution in [-0.4, -0.2) is 31.3 Å². The first-order valence-corrected chi connectivity index (χ1v) is 7.24. The zero-order chi connectivity index (χ0) is 14.2. The molecule has 108 valence electrons. The molecule has 2 aliphatic rings. The second-order valence-corrected chi connectivity index (χ2v) is 5.77. The van der Waals surface area contributed by atoms with Crippen LogP contribution in [0.5, 0.6) is 5.75 Å². The standard InChI is InChI=1S/C16H21NO3/c1-11(17-15(18)16(19-2)8-5-9-16)13-10-20-14-7-4-3-6-12(13)14/h3-4,6-7,11,13H,5,8-10H2,1-2H3,(H,17,18)/t11-,13-/m1/s1. The largest absolute Gasteiger partial charge is 0.493 e. The molecule has 1 aliphatic carbocycles. The van der Waals surface area contributed by atoms with Crippen LogP contribution in [0.1, 0.15) is 37.7 Å². The zero-order valence-electron chi connectivity index (χ0n) is 12.0. The number of para-hydroxylation sites is 1. The van der Waals surface area contributed by atoms with E-state index in [1.807, 2.05) is 25.1 Å². The van der Waals surface area contributed by atoms with Crippen LogP contribution in [0.3, 0.4) is 0 Å². The molecule has 1 amide bonds. The highest BCUT2D eigenvalue weighted by Crippen LogP contribution is 2.38. The molecule has 0 unspecified atom stereocenters. The summed E-state index contributed by atoms with van der Waals surface area (Å²) in [4.78, 5) is 12.4.